The van der Waals surface area contributed by atoms with Crippen LogP contribution in [0.25, 0.3) is 11.4 Å². The Kier molecular flexibility index (Phi) is 4.88. The number of ether oxygens (including phenoxy) is 3. The molecule has 12 heteroatoms. The van der Waals surface area contributed by atoms with Gasteiger partial charge in [-0.3, -0.25) is 4.79 Å². The second-order valence-electron chi connectivity index (χ2n) is 7.73. The van der Waals surface area contributed by atoms with Gasteiger partial charge >= 0.3 is 6.09 Å². The van der Waals surface area contributed by atoms with Gasteiger partial charge in [-0.2, -0.15) is 0 Å². The van der Waals surface area contributed by atoms with Crippen molar-refractivity contribution in [3.05, 3.63) is 23.4 Å². The van der Waals surface area contributed by atoms with E-state index in [0.29, 0.717) is 30.4 Å². The summed E-state index contributed by atoms with van der Waals surface area (Å²) in [5.74, 6) is 0.531. The molecule has 5 rings (SSSR count). The minimum Gasteiger partial charge on any atom is -0.491 e. The first kappa shape index (κ1) is 20.5. The summed E-state index contributed by atoms with van der Waals surface area (Å²) in [4.78, 5) is 29.1. The Hall–Kier alpha value is -3.41. The third kappa shape index (κ3) is 3.13. The molecule has 10 nitrogen and oxygen atoms in total. The first-order chi connectivity index (χ1) is 15.4. The van der Waals surface area contributed by atoms with Gasteiger partial charge < -0.3 is 29.8 Å². The Bertz CT molecular complexity index is 1100. The number of fused-ring (bicyclic) bond motifs is 5. The number of cyclic esters (lactones) is 1. The zero-order valence-corrected chi connectivity index (χ0v) is 17.1. The van der Waals surface area contributed by atoms with Crippen LogP contribution in [0.4, 0.5) is 25.1 Å². The molecule has 0 radical (unpaired) electrons. The number of hydrogen-bond donors (Lipinski definition) is 2. The van der Waals surface area contributed by atoms with E-state index in [1.54, 1.807) is 16.8 Å². The van der Waals surface area contributed by atoms with Gasteiger partial charge in [0.2, 0.25) is 6.23 Å². The van der Waals surface area contributed by atoms with E-state index in [0.717, 1.165) is 34.4 Å². The van der Waals surface area contributed by atoms with Crippen LogP contribution in [0.5, 0.6) is 5.75 Å². The topological polar surface area (TPSA) is 121 Å². The number of carbonyl (C=O) groups excluding carboxylic acids is 2. The Balaban J connectivity index is 1.57. The minimum atomic E-state index is -2.76. The predicted molar refractivity (Wildman–Crippen MR) is 108 cm³/mol. The van der Waals surface area contributed by atoms with Gasteiger partial charge in [0.05, 0.1) is 12.1 Å². The number of alkyl halides is 2. The molecule has 32 heavy (non-hydrogen) atoms. The molecular formula is C20H21F2N5O5. The van der Waals surface area contributed by atoms with Crippen molar-refractivity contribution < 1.29 is 32.6 Å². The van der Waals surface area contributed by atoms with Crippen molar-refractivity contribution in [2.24, 2.45) is 5.73 Å². The number of rotatable bonds is 6. The predicted octanol–water partition coefficient (Wildman–Crippen LogP) is 1.50. The van der Waals surface area contributed by atoms with Crippen LogP contribution in [-0.4, -0.2) is 60.6 Å². The van der Waals surface area contributed by atoms with E-state index in [1.807, 2.05) is 0 Å². The summed E-state index contributed by atoms with van der Waals surface area (Å²) in [6.07, 6.45) is -1.51. The molecule has 2 atom stereocenters. The van der Waals surface area contributed by atoms with E-state index in [2.05, 4.69) is 10.3 Å². The van der Waals surface area contributed by atoms with Crippen molar-refractivity contribution in [1.29, 1.82) is 0 Å². The Morgan fingerprint density at radius 1 is 1.34 bits per heavy atom. The fraction of sp³-hybridized carbons (Fsp3) is 0.450. The summed E-state index contributed by atoms with van der Waals surface area (Å²) in [6, 6.07) is 0.380. The molecule has 1 saturated heterocycles. The summed E-state index contributed by atoms with van der Waals surface area (Å²) in [5.41, 5.74) is 8.73. The average molecular weight is 449 g/mol. The number of methoxy groups -OCH3 is 1. The summed E-state index contributed by atoms with van der Waals surface area (Å²) in [6.45, 7) is 0.336. The number of halogens is 2. The molecule has 1 unspecified atom stereocenters. The number of amides is 2. The van der Waals surface area contributed by atoms with Crippen molar-refractivity contribution in [1.82, 2.24) is 9.55 Å². The molecule has 3 N–H and O–H groups in total. The van der Waals surface area contributed by atoms with E-state index in [1.165, 1.54) is 7.11 Å². The van der Waals surface area contributed by atoms with Crippen LogP contribution in [0.1, 0.15) is 11.1 Å². The van der Waals surface area contributed by atoms with Crippen molar-refractivity contribution in [3.63, 3.8) is 0 Å². The van der Waals surface area contributed by atoms with Crippen molar-refractivity contribution >= 4 is 23.5 Å². The van der Waals surface area contributed by atoms with Gasteiger partial charge in [0.15, 0.2) is 5.82 Å². The molecule has 0 spiro atoms. The van der Waals surface area contributed by atoms with Gasteiger partial charge in [0.25, 0.3) is 12.3 Å². The molecule has 170 valence electrons. The lowest BCUT2D eigenvalue weighted by molar-refractivity contribution is -0.126. The number of imidazole rings is 1. The van der Waals surface area contributed by atoms with Gasteiger partial charge in [0, 0.05) is 25.1 Å². The molecular weight excluding hydrogens is 428 g/mol. The Morgan fingerprint density at radius 2 is 2.12 bits per heavy atom. The maximum atomic E-state index is 13.4. The largest absolute Gasteiger partial charge is 0.491 e. The van der Waals surface area contributed by atoms with Gasteiger partial charge in [-0.05, 0) is 24.0 Å². The zero-order valence-electron chi connectivity index (χ0n) is 17.1. The number of aromatic nitrogens is 2. The second kappa shape index (κ2) is 7.62. The molecule has 1 aromatic heterocycles. The lowest BCUT2D eigenvalue weighted by Gasteiger charge is -2.29. The monoisotopic (exact) mass is 449 g/mol. The number of hydrogen-bond acceptors (Lipinski definition) is 7. The van der Waals surface area contributed by atoms with Crippen LogP contribution in [-0.2, 0) is 33.7 Å². The fourth-order valence-corrected chi connectivity index (χ4v) is 4.29. The summed E-state index contributed by atoms with van der Waals surface area (Å²) >= 11 is 0. The number of nitrogens with two attached hydrogens (primary N) is 1. The first-order valence-electron chi connectivity index (χ1n) is 10.1. The Morgan fingerprint density at radius 3 is 2.78 bits per heavy atom. The highest BCUT2D eigenvalue weighted by molar-refractivity contribution is 5.90. The van der Waals surface area contributed by atoms with Gasteiger partial charge in [-0.15, -0.1) is 0 Å². The molecule has 0 bridgehead atoms. The van der Waals surface area contributed by atoms with E-state index >= 15 is 0 Å². The maximum absolute atomic E-state index is 13.4. The molecule has 1 fully saturated rings. The van der Waals surface area contributed by atoms with Crippen LogP contribution in [0.2, 0.25) is 0 Å². The molecule has 2 aliphatic heterocycles. The van der Waals surface area contributed by atoms with Crippen molar-refractivity contribution in [3.8, 4) is 17.1 Å². The lowest BCUT2D eigenvalue weighted by atomic mass is 9.82. The second-order valence-corrected chi connectivity index (χ2v) is 7.73. The molecule has 1 aromatic carbocycles. The Labute approximate surface area is 181 Å². The zero-order chi connectivity index (χ0) is 22.6. The van der Waals surface area contributed by atoms with Crippen LogP contribution in [0.15, 0.2) is 12.3 Å². The van der Waals surface area contributed by atoms with E-state index in [4.69, 9.17) is 19.9 Å². The van der Waals surface area contributed by atoms with Gasteiger partial charge in [0.1, 0.15) is 30.8 Å². The van der Waals surface area contributed by atoms with E-state index in [9.17, 15) is 18.4 Å². The number of nitrogens with one attached hydrogen (secondary N) is 1. The smallest absolute Gasteiger partial charge is 0.416 e. The van der Waals surface area contributed by atoms with E-state index in [-0.39, 0.29) is 12.4 Å². The van der Waals surface area contributed by atoms with E-state index < -0.39 is 30.7 Å². The summed E-state index contributed by atoms with van der Waals surface area (Å²) in [5, 5.41) is 3.00. The number of primary amides is 1. The third-order valence-electron chi connectivity index (χ3n) is 5.94. The van der Waals surface area contributed by atoms with Crippen LogP contribution < -0.4 is 20.7 Å². The van der Waals surface area contributed by atoms with Crippen LogP contribution in [0.3, 0.4) is 0 Å². The maximum Gasteiger partial charge on any atom is 0.416 e. The molecule has 0 saturated carbocycles. The number of carbonyl (C=O) groups is 2. The standard InChI is InChI=1S/C20H21F2N5O5/c1-30-19(17(23)28)24-11-6-13-15(10-3-2-9(10)11)18-25-14(7-26(18)4-5-31-13)27-12(16(21)22)8-32-20(27)29/h6-7,12,16,19,24H,2-5,8H2,1H3,(H2,23,28)/t12-,19?/m0/s1. The molecule has 2 aromatic rings. The molecule has 3 heterocycles. The highest BCUT2D eigenvalue weighted by Crippen LogP contribution is 2.46. The summed E-state index contributed by atoms with van der Waals surface area (Å²) in [7, 11) is 1.38. The minimum absolute atomic E-state index is 0.115. The molecule has 1 aliphatic carbocycles. The fourth-order valence-electron chi connectivity index (χ4n) is 4.29. The normalized spacial score (nSPS) is 19.8. The quantitative estimate of drug-likeness (QED) is 0.641. The number of anilines is 2. The first-order valence-corrected chi connectivity index (χ1v) is 10.1. The van der Waals surface area contributed by atoms with Crippen LogP contribution >= 0.6 is 0 Å². The van der Waals surface area contributed by atoms with Gasteiger partial charge in [-0.1, -0.05) is 0 Å². The van der Waals surface area contributed by atoms with Gasteiger partial charge in [-0.25, -0.2) is 23.5 Å². The van der Waals surface area contributed by atoms with Crippen molar-refractivity contribution in [2.45, 2.75) is 38.1 Å². The SMILES string of the molecule is COC(Nc1cc2c(c3c1CC3)-c1nc(N3C(=O)OC[C@H]3C(F)F)cn1CCO2)C(N)=O. The molecule has 2 amide bonds. The number of nitrogens with zero attached hydrogens (tertiary/aromatic N) is 3. The average Bonchev–Trinajstić information content (AvgIpc) is 3.26. The number of benzene rings is 1. The highest BCUT2D eigenvalue weighted by Gasteiger charge is 2.42. The van der Waals surface area contributed by atoms with Crippen molar-refractivity contribution in [2.75, 3.05) is 30.5 Å². The molecule has 3 aliphatic rings. The third-order valence-corrected chi connectivity index (χ3v) is 5.94. The highest BCUT2D eigenvalue weighted by atomic mass is 19.3. The lowest BCUT2D eigenvalue weighted by Crippen LogP contribution is -2.38. The summed E-state index contributed by atoms with van der Waals surface area (Å²) < 4.78 is 44.5. The van der Waals surface area contributed by atoms with Crippen LogP contribution in [0, 0.1) is 0 Å².